The number of ether oxygens (including phenoxy) is 1. The number of guanidine groups is 1. The molecule has 0 aliphatic carbocycles. The molecule has 1 aromatic carbocycles. The van der Waals surface area contributed by atoms with E-state index in [0.717, 1.165) is 10.2 Å². The van der Waals surface area contributed by atoms with Crippen LogP contribution in [0.25, 0.3) is 0 Å². The van der Waals surface area contributed by atoms with Crippen molar-refractivity contribution in [3.8, 4) is 5.75 Å². The second-order valence-corrected chi connectivity index (χ2v) is 5.27. The van der Waals surface area contributed by atoms with Gasteiger partial charge in [-0.15, -0.1) is 24.0 Å². The van der Waals surface area contributed by atoms with Crippen LogP contribution in [0.15, 0.2) is 33.7 Å². The third kappa shape index (κ3) is 11.5. The highest BCUT2D eigenvalue weighted by Gasteiger charge is 2.26. The van der Waals surface area contributed by atoms with Crippen molar-refractivity contribution < 1.29 is 17.9 Å². The number of halogens is 5. The third-order valence-corrected chi connectivity index (χ3v) is 2.96. The third-order valence-electron chi connectivity index (χ3n) is 2.47. The first kappa shape index (κ1) is 22.3. The fourth-order valence-electron chi connectivity index (χ4n) is 1.53. The number of benzene rings is 1. The molecule has 1 rings (SSSR count). The van der Waals surface area contributed by atoms with Crippen LogP contribution in [0, 0.1) is 0 Å². The van der Waals surface area contributed by atoms with Crippen LogP contribution < -0.4 is 15.4 Å². The molecule has 0 heterocycles. The molecule has 0 bridgehead atoms. The van der Waals surface area contributed by atoms with Crippen LogP contribution >= 0.6 is 39.9 Å². The van der Waals surface area contributed by atoms with E-state index < -0.39 is 12.6 Å². The summed E-state index contributed by atoms with van der Waals surface area (Å²) in [5.74, 6) is 1.07. The van der Waals surface area contributed by atoms with Crippen molar-refractivity contribution in [1.82, 2.24) is 10.6 Å². The zero-order valence-corrected chi connectivity index (χ0v) is 16.5. The van der Waals surface area contributed by atoms with Gasteiger partial charge in [0.15, 0.2) is 5.96 Å². The van der Waals surface area contributed by atoms with Gasteiger partial charge in [0.2, 0.25) is 0 Å². The maximum Gasteiger partial charge on any atom is 0.390 e. The molecular formula is C14H20BrF3IN3O. The Morgan fingerprint density at radius 1 is 1.30 bits per heavy atom. The number of alkyl halides is 3. The first-order valence-corrected chi connectivity index (χ1v) is 7.67. The molecule has 23 heavy (non-hydrogen) atoms. The Kier molecular flexibility index (Phi) is 11.4. The number of nitrogens with zero attached hydrogens (tertiary/aromatic N) is 1. The van der Waals surface area contributed by atoms with Gasteiger partial charge in [0.25, 0.3) is 0 Å². The van der Waals surface area contributed by atoms with Crippen molar-refractivity contribution in [3.63, 3.8) is 0 Å². The summed E-state index contributed by atoms with van der Waals surface area (Å²) in [6.07, 6.45) is -5.12. The summed E-state index contributed by atoms with van der Waals surface area (Å²) in [5.41, 5.74) is 0. The Labute approximate surface area is 159 Å². The van der Waals surface area contributed by atoms with Crippen LogP contribution in [0.5, 0.6) is 5.75 Å². The quantitative estimate of drug-likeness (QED) is 0.253. The highest BCUT2D eigenvalue weighted by molar-refractivity contribution is 14.0. The maximum absolute atomic E-state index is 12.1. The predicted octanol–water partition coefficient (Wildman–Crippen LogP) is 3.95. The lowest BCUT2D eigenvalue weighted by Gasteiger charge is -2.12. The summed E-state index contributed by atoms with van der Waals surface area (Å²) in [6, 6.07) is 7.41. The van der Waals surface area contributed by atoms with Crippen LogP contribution in [0.3, 0.4) is 0 Å². The number of hydrogen-bond donors (Lipinski definition) is 2. The predicted molar refractivity (Wildman–Crippen MR) is 99.7 cm³/mol. The minimum Gasteiger partial charge on any atom is -0.492 e. The highest BCUT2D eigenvalue weighted by Crippen LogP contribution is 2.19. The molecule has 0 radical (unpaired) electrons. The summed E-state index contributed by atoms with van der Waals surface area (Å²) >= 11 is 3.34. The Balaban J connectivity index is 0.00000484. The molecular weight excluding hydrogens is 490 g/mol. The highest BCUT2D eigenvalue weighted by atomic mass is 127. The van der Waals surface area contributed by atoms with Crippen molar-refractivity contribution in [1.29, 1.82) is 0 Å². The summed E-state index contributed by atoms with van der Waals surface area (Å²) in [5, 5.41) is 5.81. The molecule has 0 spiro atoms. The van der Waals surface area contributed by atoms with Gasteiger partial charge in [-0.25, -0.2) is 0 Å². The summed E-state index contributed by atoms with van der Waals surface area (Å²) in [7, 11) is 0. The fraction of sp³-hybridized carbons (Fsp3) is 0.500. The lowest BCUT2D eigenvalue weighted by atomic mass is 10.3. The molecule has 0 aromatic heterocycles. The van der Waals surface area contributed by atoms with E-state index in [0.29, 0.717) is 25.7 Å². The van der Waals surface area contributed by atoms with E-state index in [1.807, 2.05) is 31.2 Å². The fourth-order valence-corrected chi connectivity index (χ4v) is 1.91. The van der Waals surface area contributed by atoms with Crippen molar-refractivity contribution in [3.05, 3.63) is 28.7 Å². The Hall–Kier alpha value is -0.710. The molecule has 0 amide bonds. The molecule has 0 saturated carbocycles. The van der Waals surface area contributed by atoms with E-state index in [-0.39, 0.29) is 30.5 Å². The van der Waals surface area contributed by atoms with E-state index in [2.05, 4.69) is 31.6 Å². The molecule has 9 heteroatoms. The lowest BCUT2D eigenvalue weighted by molar-refractivity contribution is -0.132. The Morgan fingerprint density at radius 3 is 2.65 bits per heavy atom. The average Bonchev–Trinajstić information content (AvgIpc) is 2.42. The van der Waals surface area contributed by atoms with Gasteiger partial charge in [-0.1, -0.05) is 22.0 Å². The molecule has 4 nitrogen and oxygen atoms in total. The second-order valence-electron chi connectivity index (χ2n) is 4.36. The van der Waals surface area contributed by atoms with Crippen LogP contribution in [0.2, 0.25) is 0 Å². The van der Waals surface area contributed by atoms with Crippen LogP contribution in [-0.4, -0.2) is 38.4 Å². The van der Waals surface area contributed by atoms with Gasteiger partial charge in [-0.05, 0) is 25.1 Å². The first-order chi connectivity index (χ1) is 10.4. The first-order valence-electron chi connectivity index (χ1n) is 6.88. The van der Waals surface area contributed by atoms with E-state index >= 15 is 0 Å². The molecule has 0 unspecified atom stereocenters. The molecule has 132 valence electrons. The van der Waals surface area contributed by atoms with Crippen LogP contribution in [0.4, 0.5) is 13.2 Å². The van der Waals surface area contributed by atoms with Gasteiger partial charge in [0.1, 0.15) is 12.4 Å². The largest absolute Gasteiger partial charge is 0.492 e. The molecule has 0 atom stereocenters. The molecule has 0 saturated heterocycles. The van der Waals surface area contributed by atoms with Gasteiger partial charge >= 0.3 is 6.18 Å². The number of hydrogen-bond acceptors (Lipinski definition) is 2. The maximum atomic E-state index is 12.1. The minimum absolute atomic E-state index is 0. The number of rotatable bonds is 7. The van der Waals surface area contributed by atoms with Gasteiger partial charge in [-0.2, -0.15) is 13.2 Å². The molecule has 0 aliphatic heterocycles. The van der Waals surface area contributed by atoms with Gasteiger partial charge in [-0.3, -0.25) is 4.99 Å². The standard InChI is InChI=1S/C14H19BrF3N3O.HI/c1-2-19-13(20-7-6-14(16,17)18)21-8-9-22-12-5-3-4-11(15)10-12;/h3-5,10H,2,6-9H2,1H3,(H2,19,20,21);1H. The van der Waals surface area contributed by atoms with Gasteiger partial charge < -0.3 is 15.4 Å². The normalized spacial score (nSPS) is 11.6. The van der Waals surface area contributed by atoms with Crippen molar-refractivity contribution >= 4 is 45.9 Å². The van der Waals surface area contributed by atoms with E-state index in [4.69, 9.17) is 4.74 Å². The molecule has 0 fully saturated rings. The van der Waals surface area contributed by atoms with Crippen LogP contribution in [-0.2, 0) is 0 Å². The summed E-state index contributed by atoms with van der Waals surface area (Å²) in [6.45, 7) is 2.93. The molecule has 2 N–H and O–H groups in total. The van der Waals surface area contributed by atoms with E-state index in [1.165, 1.54) is 0 Å². The topological polar surface area (TPSA) is 45.7 Å². The monoisotopic (exact) mass is 509 g/mol. The van der Waals surface area contributed by atoms with E-state index in [1.54, 1.807) is 0 Å². The smallest absolute Gasteiger partial charge is 0.390 e. The zero-order chi connectivity index (χ0) is 16.4. The van der Waals surface area contributed by atoms with Crippen molar-refractivity contribution in [2.75, 3.05) is 26.2 Å². The lowest BCUT2D eigenvalue weighted by Crippen LogP contribution is -2.39. The van der Waals surface area contributed by atoms with Crippen LogP contribution in [0.1, 0.15) is 13.3 Å². The second kappa shape index (κ2) is 11.8. The number of nitrogens with one attached hydrogen (secondary N) is 2. The zero-order valence-electron chi connectivity index (χ0n) is 12.6. The summed E-state index contributed by atoms with van der Waals surface area (Å²) in [4.78, 5) is 3.87. The Bertz CT molecular complexity index is 487. The number of aliphatic imine (C=N–C) groups is 1. The summed E-state index contributed by atoms with van der Waals surface area (Å²) < 4.78 is 42.7. The van der Waals surface area contributed by atoms with Gasteiger partial charge in [0.05, 0.1) is 19.5 Å². The Morgan fingerprint density at radius 2 is 2.04 bits per heavy atom. The van der Waals surface area contributed by atoms with Crippen molar-refractivity contribution in [2.24, 2.45) is 4.99 Å². The van der Waals surface area contributed by atoms with Gasteiger partial charge in [0, 0.05) is 11.0 Å². The SMILES string of the molecule is CCNC(=NCCC(F)(F)F)NCCOc1cccc(Br)c1.I. The minimum atomic E-state index is -4.19. The molecule has 1 aromatic rings. The average molecular weight is 510 g/mol. The molecule has 0 aliphatic rings. The van der Waals surface area contributed by atoms with E-state index in [9.17, 15) is 13.2 Å². The van der Waals surface area contributed by atoms with Crippen molar-refractivity contribution in [2.45, 2.75) is 19.5 Å².